The van der Waals surface area contributed by atoms with Gasteiger partial charge in [0.1, 0.15) is 6.54 Å². The molecule has 4 rings (SSSR count). The van der Waals surface area contributed by atoms with E-state index in [1.54, 1.807) is 18.2 Å². The SMILES string of the molecule is O=C(Cn1c(=O)oc2ccccc21)Nc1ccc(N2CCCC2)cc1. The molecule has 0 radical (unpaired) electrons. The second kappa shape index (κ2) is 6.47. The topological polar surface area (TPSA) is 67.5 Å². The van der Waals surface area contributed by atoms with Crippen molar-refractivity contribution >= 4 is 28.4 Å². The minimum atomic E-state index is -0.527. The van der Waals surface area contributed by atoms with E-state index in [0.29, 0.717) is 16.8 Å². The zero-order valence-corrected chi connectivity index (χ0v) is 13.8. The van der Waals surface area contributed by atoms with E-state index < -0.39 is 5.76 Å². The molecular formula is C19H19N3O3. The first-order valence-corrected chi connectivity index (χ1v) is 8.44. The molecule has 6 nitrogen and oxygen atoms in total. The van der Waals surface area contributed by atoms with E-state index in [2.05, 4.69) is 10.2 Å². The zero-order valence-electron chi connectivity index (χ0n) is 13.8. The van der Waals surface area contributed by atoms with Crippen molar-refractivity contribution in [2.75, 3.05) is 23.3 Å². The minimum absolute atomic E-state index is 0.0796. The van der Waals surface area contributed by atoms with E-state index in [1.807, 2.05) is 30.3 Å². The lowest BCUT2D eigenvalue weighted by Crippen LogP contribution is -2.24. The number of oxazole rings is 1. The molecule has 0 aliphatic carbocycles. The molecule has 0 unspecified atom stereocenters. The summed E-state index contributed by atoms with van der Waals surface area (Å²) in [5, 5.41) is 2.83. The highest BCUT2D eigenvalue weighted by atomic mass is 16.4. The Labute approximate surface area is 144 Å². The predicted octanol–water partition coefficient (Wildman–Crippen LogP) is 2.83. The number of anilines is 2. The maximum absolute atomic E-state index is 12.3. The van der Waals surface area contributed by atoms with E-state index in [1.165, 1.54) is 23.1 Å². The van der Waals surface area contributed by atoms with Crippen LogP contribution in [-0.2, 0) is 11.3 Å². The highest BCUT2D eigenvalue weighted by Crippen LogP contribution is 2.22. The van der Waals surface area contributed by atoms with Crippen molar-refractivity contribution < 1.29 is 9.21 Å². The summed E-state index contributed by atoms with van der Waals surface area (Å²) in [4.78, 5) is 26.6. The smallest absolute Gasteiger partial charge is 0.408 e. The summed E-state index contributed by atoms with van der Waals surface area (Å²) in [5.74, 6) is -0.789. The highest BCUT2D eigenvalue weighted by molar-refractivity contribution is 5.91. The summed E-state index contributed by atoms with van der Waals surface area (Å²) in [5.41, 5.74) is 2.99. The van der Waals surface area contributed by atoms with Crippen molar-refractivity contribution in [2.24, 2.45) is 0 Å². The first kappa shape index (κ1) is 15.5. The molecule has 1 aliphatic rings. The highest BCUT2D eigenvalue weighted by Gasteiger charge is 2.14. The molecule has 1 aliphatic heterocycles. The number of nitrogens with one attached hydrogen (secondary N) is 1. The van der Waals surface area contributed by atoms with Gasteiger partial charge < -0.3 is 14.6 Å². The molecule has 3 aromatic rings. The fraction of sp³-hybridized carbons (Fsp3) is 0.263. The summed E-state index contributed by atoms with van der Waals surface area (Å²) >= 11 is 0. The van der Waals surface area contributed by atoms with Crippen molar-refractivity contribution in [1.82, 2.24) is 4.57 Å². The van der Waals surface area contributed by atoms with Crippen LogP contribution in [0.25, 0.3) is 11.1 Å². The van der Waals surface area contributed by atoms with Crippen LogP contribution < -0.4 is 16.0 Å². The Bertz CT molecular complexity index is 950. The number of fused-ring (bicyclic) bond motifs is 1. The Hall–Kier alpha value is -3.02. The first-order chi connectivity index (χ1) is 12.2. The summed E-state index contributed by atoms with van der Waals surface area (Å²) in [6.07, 6.45) is 2.46. The van der Waals surface area contributed by atoms with Gasteiger partial charge in [0.05, 0.1) is 5.52 Å². The van der Waals surface area contributed by atoms with Crippen LogP contribution in [0, 0.1) is 0 Å². The molecule has 0 bridgehead atoms. The molecule has 1 aromatic heterocycles. The number of benzene rings is 2. The lowest BCUT2D eigenvalue weighted by molar-refractivity contribution is -0.116. The number of hydrogen-bond acceptors (Lipinski definition) is 4. The number of aromatic nitrogens is 1. The van der Waals surface area contributed by atoms with Gasteiger partial charge in [0.2, 0.25) is 5.91 Å². The average Bonchev–Trinajstić information content (AvgIpc) is 3.25. The van der Waals surface area contributed by atoms with Gasteiger partial charge in [-0.2, -0.15) is 0 Å². The molecule has 1 N–H and O–H groups in total. The van der Waals surface area contributed by atoms with Gasteiger partial charge in [-0.3, -0.25) is 9.36 Å². The second-order valence-electron chi connectivity index (χ2n) is 6.21. The van der Waals surface area contributed by atoms with E-state index in [-0.39, 0.29) is 12.5 Å². The molecule has 0 atom stereocenters. The van der Waals surface area contributed by atoms with Gasteiger partial charge in [-0.15, -0.1) is 0 Å². The maximum Gasteiger partial charge on any atom is 0.420 e. The van der Waals surface area contributed by atoms with Crippen LogP contribution in [0.2, 0.25) is 0 Å². The average molecular weight is 337 g/mol. The number of amides is 1. The van der Waals surface area contributed by atoms with Gasteiger partial charge in [-0.1, -0.05) is 12.1 Å². The monoisotopic (exact) mass is 337 g/mol. The van der Waals surface area contributed by atoms with E-state index in [9.17, 15) is 9.59 Å². The van der Waals surface area contributed by atoms with E-state index >= 15 is 0 Å². The predicted molar refractivity (Wildman–Crippen MR) is 97.0 cm³/mol. The normalized spacial score (nSPS) is 14.2. The van der Waals surface area contributed by atoms with Crippen molar-refractivity contribution in [3.05, 3.63) is 59.1 Å². The second-order valence-corrected chi connectivity index (χ2v) is 6.21. The molecule has 0 spiro atoms. The fourth-order valence-corrected chi connectivity index (χ4v) is 3.24. The molecule has 25 heavy (non-hydrogen) atoms. The summed E-state index contributed by atoms with van der Waals surface area (Å²) in [7, 11) is 0. The molecule has 2 heterocycles. The van der Waals surface area contributed by atoms with Crippen molar-refractivity contribution in [1.29, 1.82) is 0 Å². The van der Waals surface area contributed by atoms with Gasteiger partial charge in [0, 0.05) is 24.5 Å². The molecule has 1 amide bonds. The quantitative estimate of drug-likeness (QED) is 0.795. The third-order valence-corrected chi connectivity index (χ3v) is 4.50. The lowest BCUT2D eigenvalue weighted by Gasteiger charge is -2.17. The number of carbonyl (C=O) groups excluding carboxylic acids is 1. The van der Waals surface area contributed by atoms with Crippen LogP contribution in [0.5, 0.6) is 0 Å². The van der Waals surface area contributed by atoms with Gasteiger partial charge >= 0.3 is 5.76 Å². The molecular weight excluding hydrogens is 318 g/mol. The first-order valence-electron chi connectivity index (χ1n) is 8.44. The fourth-order valence-electron chi connectivity index (χ4n) is 3.24. The van der Waals surface area contributed by atoms with Crippen LogP contribution in [0.1, 0.15) is 12.8 Å². The Kier molecular flexibility index (Phi) is 4.01. The van der Waals surface area contributed by atoms with E-state index in [4.69, 9.17) is 4.42 Å². The molecule has 1 fully saturated rings. The molecule has 1 saturated heterocycles. The van der Waals surface area contributed by atoms with Crippen LogP contribution in [0.15, 0.2) is 57.7 Å². The molecule has 0 saturated carbocycles. The number of hydrogen-bond donors (Lipinski definition) is 1. The van der Waals surface area contributed by atoms with Crippen molar-refractivity contribution in [3.8, 4) is 0 Å². The van der Waals surface area contributed by atoms with Gasteiger partial charge in [0.15, 0.2) is 5.58 Å². The van der Waals surface area contributed by atoms with Crippen molar-refractivity contribution in [3.63, 3.8) is 0 Å². The Morgan fingerprint density at radius 2 is 1.76 bits per heavy atom. The summed E-state index contributed by atoms with van der Waals surface area (Å²) in [6, 6.07) is 14.9. The van der Waals surface area contributed by atoms with Crippen LogP contribution in [0.3, 0.4) is 0 Å². The standard InChI is InChI=1S/C19H19N3O3/c23-18(13-22-16-5-1-2-6-17(16)25-19(22)24)20-14-7-9-15(10-8-14)21-11-3-4-12-21/h1-2,5-10H,3-4,11-13H2,(H,20,23). The third-order valence-electron chi connectivity index (χ3n) is 4.50. The number of rotatable bonds is 4. The Morgan fingerprint density at radius 3 is 2.52 bits per heavy atom. The summed E-state index contributed by atoms with van der Waals surface area (Å²) in [6.45, 7) is 2.09. The minimum Gasteiger partial charge on any atom is -0.408 e. The van der Waals surface area contributed by atoms with Crippen LogP contribution >= 0.6 is 0 Å². The van der Waals surface area contributed by atoms with Gasteiger partial charge in [0.25, 0.3) is 0 Å². The van der Waals surface area contributed by atoms with Gasteiger partial charge in [-0.05, 0) is 49.2 Å². The Balaban J connectivity index is 1.46. The maximum atomic E-state index is 12.3. The van der Waals surface area contributed by atoms with Crippen molar-refractivity contribution in [2.45, 2.75) is 19.4 Å². The summed E-state index contributed by atoms with van der Waals surface area (Å²) < 4.78 is 6.48. The zero-order chi connectivity index (χ0) is 17.2. The van der Waals surface area contributed by atoms with E-state index in [0.717, 1.165) is 13.1 Å². The van der Waals surface area contributed by atoms with Crippen LogP contribution in [0.4, 0.5) is 11.4 Å². The van der Waals surface area contributed by atoms with Crippen LogP contribution in [-0.4, -0.2) is 23.6 Å². The lowest BCUT2D eigenvalue weighted by atomic mass is 10.2. The number of carbonyl (C=O) groups is 1. The molecule has 128 valence electrons. The largest absolute Gasteiger partial charge is 0.420 e. The van der Waals surface area contributed by atoms with Gasteiger partial charge in [-0.25, -0.2) is 4.79 Å². The third kappa shape index (κ3) is 3.15. The molecule has 6 heteroatoms. The Morgan fingerprint density at radius 1 is 1.04 bits per heavy atom. The molecule has 2 aromatic carbocycles. The number of para-hydroxylation sites is 2. The number of nitrogens with zero attached hydrogens (tertiary/aromatic N) is 2.